The summed E-state index contributed by atoms with van der Waals surface area (Å²) in [7, 11) is 2.11. The summed E-state index contributed by atoms with van der Waals surface area (Å²) in [4.78, 5) is 6.26. The van der Waals surface area contributed by atoms with Crippen molar-refractivity contribution < 1.29 is 0 Å². The van der Waals surface area contributed by atoms with Crippen LogP contribution in [0.4, 0.5) is 0 Å². The molecule has 92 valence electrons. The van der Waals surface area contributed by atoms with Gasteiger partial charge in [0.1, 0.15) is 0 Å². The Bertz CT molecular complexity index is 282. The predicted molar refractivity (Wildman–Crippen MR) is 71.0 cm³/mol. The molecule has 0 atom stereocenters. The molecular formula is C12H22ClN3. The van der Waals surface area contributed by atoms with E-state index in [0.29, 0.717) is 0 Å². The SMILES string of the molecule is CN(CCc1ccncc1)CC(C)(C)N.Cl. The Morgan fingerprint density at radius 2 is 1.88 bits per heavy atom. The topological polar surface area (TPSA) is 42.2 Å². The minimum atomic E-state index is -0.118. The molecule has 0 aliphatic carbocycles. The van der Waals surface area contributed by atoms with Gasteiger partial charge in [0, 0.05) is 31.0 Å². The normalized spacial score (nSPS) is 11.3. The molecule has 0 amide bonds. The van der Waals surface area contributed by atoms with Crippen molar-refractivity contribution in [1.82, 2.24) is 9.88 Å². The fourth-order valence-corrected chi connectivity index (χ4v) is 1.64. The molecule has 0 bridgehead atoms. The average molecular weight is 244 g/mol. The average Bonchev–Trinajstić information content (AvgIpc) is 2.14. The first-order valence-corrected chi connectivity index (χ1v) is 5.34. The van der Waals surface area contributed by atoms with Gasteiger partial charge >= 0.3 is 0 Å². The van der Waals surface area contributed by atoms with Crippen LogP contribution in [0.1, 0.15) is 19.4 Å². The number of likely N-dealkylation sites (N-methyl/N-ethyl adjacent to an activating group) is 1. The molecule has 0 unspecified atom stereocenters. The Labute approximate surface area is 104 Å². The maximum absolute atomic E-state index is 5.95. The molecule has 3 nitrogen and oxygen atoms in total. The van der Waals surface area contributed by atoms with Crippen molar-refractivity contribution in [3.05, 3.63) is 30.1 Å². The Hall–Kier alpha value is -0.640. The summed E-state index contributed by atoms with van der Waals surface area (Å²) in [5.41, 5.74) is 7.16. The van der Waals surface area contributed by atoms with Crippen LogP contribution >= 0.6 is 12.4 Å². The van der Waals surface area contributed by atoms with Gasteiger partial charge in [-0.3, -0.25) is 4.98 Å². The monoisotopic (exact) mass is 243 g/mol. The van der Waals surface area contributed by atoms with E-state index in [1.807, 2.05) is 12.4 Å². The van der Waals surface area contributed by atoms with Crippen LogP contribution in [0.5, 0.6) is 0 Å². The van der Waals surface area contributed by atoms with E-state index in [0.717, 1.165) is 19.5 Å². The van der Waals surface area contributed by atoms with Gasteiger partial charge in [-0.1, -0.05) is 0 Å². The quantitative estimate of drug-likeness (QED) is 0.856. The molecule has 0 saturated carbocycles. The lowest BCUT2D eigenvalue weighted by molar-refractivity contribution is 0.273. The molecule has 1 aromatic rings. The van der Waals surface area contributed by atoms with Gasteiger partial charge in [0.2, 0.25) is 0 Å². The fraction of sp³-hybridized carbons (Fsp3) is 0.583. The number of nitrogens with two attached hydrogens (primary N) is 1. The standard InChI is InChI=1S/C12H21N3.ClH/c1-12(2,13)10-15(3)9-6-11-4-7-14-8-5-11;/h4-5,7-8H,6,9-10,13H2,1-3H3;1H. The number of nitrogens with zero attached hydrogens (tertiary/aromatic N) is 2. The second-order valence-corrected chi connectivity index (χ2v) is 4.83. The number of aromatic nitrogens is 1. The minimum absolute atomic E-state index is 0. The minimum Gasteiger partial charge on any atom is -0.324 e. The number of hydrogen-bond acceptors (Lipinski definition) is 3. The molecule has 1 rings (SSSR count). The van der Waals surface area contributed by atoms with E-state index in [9.17, 15) is 0 Å². The first kappa shape index (κ1) is 15.4. The van der Waals surface area contributed by atoms with Crippen LogP contribution in [0.2, 0.25) is 0 Å². The van der Waals surface area contributed by atoms with E-state index in [4.69, 9.17) is 5.73 Å². The van der Waals surface area contributed by atoms with Gasteiger partial charge in [-0.15, -0.1) is 12.4 Å². The molecule has 1 heterocycles. The zero-order chi connectivity index (χ0) is 11.3. The van der Waals surface area contributed by atoms with Crippen LogP contribution in [0, 0.1) is 0 Å². The molecule has 0 spiro atoms. The summed E-state index contributed by atoms with van der Waals surface area (Å²) < 4.78 is 0. The number of rotatable bonds is 5. The zero-order valence-electron chi connectivity index (χ0n) is 10.3. The molecule has 4 heteroatoms. The highest BCUT2D eigenvalue weighted by atomic mass is 35.5. The van der Waals surface area contributed by atoms with Crippen LogP contribution in [-0.4, -0.2) is 35.6 Å². The lowest BCUT2D eigenvalue weighted by Gasteiger charge is -2.26. The van der Waals surface area contributed by atoms with Gasteiger partial charge < -0.3 is 10.6 Å². The number of halogens is 1. The highest BCUT2D eigenvalue weighted by molar-refractivity contribution is 5.85. The molecule has 0 fully saturated rings. The van der Waals surface area contributed by atoms with Crippen LogP contribution in [0.15, 0.2) is 24.5 Å². The summed E-state index contributed by atoms with van der Waals surface area (Å²) in [6.45, 7) is 6.05. The zero-order valence-corrected chi connectivity index (χ0v) is 11.1. The van der Waals surface area contributed by atoms with E-state index < -0.39 is 0 Å². The third kappa shape index (κ3) is 6.77. The molecule has 0 aliphatic heterocycles. The van der Waals surface area contributed by atoms with Crippen molar-refractivity contribution in [2.24, 2.45) is 5.73 Å². The van der Waals surface area contributed by atoms with Gasteiger partial charge in [-0.2, -0.15) is 0 Å². The lowest BCUT2D eigenvalue weighted by Crippen LogP contribution is -2.44. The maximum atomic E-state index is 5.95. The molecule has 2 N–H and O–H groups in total. The Kier molecular flexibility index (Phi) is 6.56. The van der Waals surface area contributed by atoms with Gasteiger partial charge in [0.25, 0.3) is 0 Å². The van der Waals surface area contributed by atoms with Crippen LogP contribution in [0.25, 0.3) is 0 Å². The Morgan fingerprint density at radius 1 is 1.31 bits per heavy atom. The summed E-state index contributed by atoms with van der Waals surface area (Å²) in [5, 5.41) is 0. The molecule has 0 aliphatic rings. The smallest absolute Gasteiger partial charge is 0.0270 e. The number of hydrogen-bond donors (Lipinski definition) is 1. The van der Waals surface area contributed by atoms with Gasteiger partial charge in [0.05, 0.1) is 0 Å². The Balaban J connectivity index is 0.00000225. The van der Waals surface area contributed by atoms with E-state index in [-0.39, 0.29) is 17.9 Å². The highest BCUT2D eigenvalue weighted by Gasteiger charge is 2.13. The van der Waals surface area contributed by atoms with E-state index in [1.165, 1.54) is 5.56 Å². The van der Waals surface area contributed by atoms with E-state index >= 15 is 0 Å². The van der Waals surface area contributed by atoms with Crippen LogP contribution in [-0.2, 0) is 6.42 Å². The van der Waals surface area contributed by atoms with Gasteiger partial charge in [-0.05, 0) is 45.0 Å². The molecule has 1 aromatic heterocycles. The van der Waals surface area contributed by atoms with Crippen LogP contribution in [0.3, 0.4) is 0 Å². The largest absolute Gasteiger partial charge is 0.324 e. The first-order valence-electron chi connectivity index (χ1n) is 5.34. The van der Waals surface area contributed by atoms with Crippen molar-refractivity contribution in [2.75, 3.05) is 20.1 Å². The van der Waals surface area contributed by atoms with Crippen molar-refractivity contribution in [1.29, 1.82) is 0 Å². The van der Waals surface area contributed by atoms with E-state index in [1.54, 1.807) is 0 Å². The molecule has 0 saturated heterocycles. The summed E-state index contributed by atoms with van der Waals surface area (Å²) in [5.74, 6) is 0. The highest BCUT2D eigenvalue weighted by Crippen LogP contribution is 2.02. The fourth-order valence-electron chi connectivity index (χ4n) is 1.64. The molecular weight excluding hydrogens is 222 g/mol. The summed E-state index contributed by atoms with van der Waals surface area (Å²) in [6.07, 6.45) is 4.72. The van der Waals surface area contributed by atoms with Crippen LogP contribution < -0.4 is 5.73 Å². The summed E-state index contributed by atoms with van der Waals surface area (Å²) in [6, 6.07) is 4.11. The van der Waals surface area contributed by atoms with E-state index in [2.05, 4.69) is 42.9 Å². The Morgan fingerprint density at radius 3 is 2.38 bits per heavy atom. The maximum Gasteiger partial charge on any atom is 0.0270 e. The third-order valence-electron chi connectivity index (χ3n) is 2.21. The molecule has 0 radical (unpaired) electrons. The van der Waals surface area contributed by atoms with Gasteiger partial charge in [-0.25, -0.2) is 0 Å². The molecule has 16 heavy (non-hydrogen) atoms. The van der Waals surface area contributed by atoms with Crippen molar-refractivity contribution in [2.45, 2.75) is 25.8 Å². The van der Waals surface area contributed by atoms with Crippen molar-refractivity contribution in [3.63, 3.8) is 0 Å². The lowest BCUT2D eigenvalue weighted by atomic mass is 10.1. The summed E-state index contributed by atoms with van der Waals surface area (Å²) >= 11 is 0. The predicted octanol–water partition coefficient (Wildman–Crippen LogP) is 1.71. The second-order valence-electron chi connectivity index (χ2n) is 4.83. The third-order valence-corrected chi connectivity index (χ3v) is 2.21. The number of pyridine rings is 1. The first-order chi connectivity index (χ1) is 6.97. The van der Waals surface area contributed by atoms with Crippen molar-refractivity contribution >= 4 is 12.4 Å². The van der Waals surface area contributed by atoms with Gasteiger partial charge in [0.15, 0.2) is 0 Å². The van der Waals surface area contributed by atoms with Crippen molar-refractivity contribution in [3.8, 4) is 0 Å². The molecule has 0 aromatic carbocycles. The second kappa shape index (κ2) is 6.84.